The molecular weight excluding hydrogens is 313 g/mol. The molecule has 2 fully saturated rings. The molecule has 0 saturated carbocycles. The van der Waals surface area contributed by atoms with Gasteiger partial charge >= 0.3 is 6.18 Å². The van der Waals surface area contributed by atoms with Crippen molar-refractivity contribution < 1.29 is 13.2 Å². The maximum Gasteiger partial charge on any atom is 0.416 e. The first-order valence-electron chi connectivity index (χ1n) is 9.05. The second-order valence-electron chi connectivity index (χ2n) is 7.40. The number of halogens is 3. The van der Waals surface area contributed by atoms with Gasteiger partial charge in [-0.1, -0.05) is 25.1 Å². The molecule has 5 heteroatoms. The van der Waals surface area contributed by atoms with Gasteiger partial charge in [0.15, 0.2) is 0 Å². The van der Waals surface area contributed by atoms with E-state index in [-0.39, 0.29) is 0 Å². The summed E-state index contributed by atoms with van der Waals surface area (Å²) in [4.78, 5) is 4.78. The van der Waals surface area contributed by atoms with Crippen LogP contribution in [0.2, 0.25) is 0 Å². The van der Waals surface area contributed by atoms with Crippen LogP contribution in [0.1, 0.15) is 43.7 Å². The molecule has 134 valence electrons. The molecule has 0 amide bonds. The van der Waals surface area contributed by atoms with Gasteiger partial charge in [0.1, 0.15) is 0 Å². The Bertz CT molecular complexity index is 536. The van der Waals surface area contributed by atoms with Crippen LogP contribution in [0.5, 0.6) is 0 Å². The Morgan fingerprint density at radius 3 is 2.42 bits per heavy atom. The van der Waals surface area contributed by atoms with Crippen LogP contribution in [0.3, 0.4) is 0 Å². The van der Waals surface area contributed by atoms with Crippen molar-refractivity contribution in [3.63, 3.8) is 0 Å². The molecule has 24 heavy (non-hydrogen) atoms. The SMILES string of the molecule is C[C@@H]1CCCN(C2CCN(Cc3ccccc3C(F)(F)F)CC2)C1. The molecule has 0 unspecified atom stereocenters. The fourth-order valence-electron chi connectivity index (χ4n) is 4.18. The fraction of sp³-hybridized carbons (Fsp3) is 0.684. The zero-order chi connectivity index (χ0) is 17.2. The van der Waals surface area contributed by atoms with Gasteiger partial charge in [-0.05, 0) is 62.9 Å². The average molecular weight is 340 g/mol. The summed E-state index contributed by atoms with van der Waals surface area (Å²) in [6.07, 6.45) is 0.477. The Labute approximate surface area is 142 Å². The largest absolute Gasteiger partial charge is 0.416 e. The van der Waals surface area contributed by atoms with Crippen molar-refractivity contribution in [1.82, 2.24) is 9.80 Å². The summed E-state index contributed by atoms with van der Waals surface area (Å²) in [7, 11) is 0. The predicted molar refractivity (Wildman–Crippen MR) is 89.7 cm³/mol. The molecule has 0 spiro atoms. The highest BCUT2D eigenvalue weighted by Crippen LogP contribution is 2.33. The molecule has 2 heterocycles. The zero-order valence-electron chi connectivity index (χ0n) is 14.4. The quantitative estimate of drug-likeness (QED) is 0.805. The van der Waals surface area contributed by atoms with E-state index < -0.39 is 11.7 Å². The molecule has 3 rings (SSSR count). The fourth-order valence-corrected chi connectivity index (χ4v) is 4.18. The van der Waals surface area contributed by atoms with Gasteiger partial charge in [0.2, 0.25) is 0 Å². The highest BCUT2D eigenvalue weighted by atomic mass is 19.4. The summed E-state index contributed by atoms with van der Waals surface area (Å²) in [5.74, 6) is 0.774. The second kappa shape index (κ2) is 7.44. The van der Waals surface area contributed by atoms with Crippen LogP contribution in [-0.2, 0) is 12.7 Å². The Morgan fingerprint density at radius 1 is 1.04 bits per heavy atom. The standard InChI is InChI=1S/C19H27F3N2/c1-15-5-4-10-24(13-15)17-8-11-23(12-9-17)14-16-6-2-3-7-18(16)19(20,21)22/h2-3,6-7,15,17H,4-5,8-14H2,1H3/t15-/m1/s1. The van der Waals surface area contributed by atoms with Crippen LogP contribution in [0.4, 0.5) is 13.2 Å². The number of likely N-dealkylation sites (tertiary alicyclic amines) is 2. The summed E-state index contributed by atoms with van der Waals surface area (Å²) in [6.45, 7) is 6.87. The van der Waals surface area contributed by atoms with Gasteiger partial charge in [-0.3, -0.25) is 4.90 Å². The van der Waals surface area contributed by atoms with E-state index in [4.69, 9.17) is 0 Å². The third-order valence-electron chi connectivity index (χ3n) is 5.48. The van der Waals surface area contributed by atoms with E-state index in [2.05, 4.69) is 16.7 Å². The monoisotopic (exact) mass is 340 g/mol. The minimum absolute atomic E-state index is 0.398. The summed E-state index contributed by atoms with van der Waals surface area (Å²) in [6, 6.07) is 6.59. The van der Waals surface area contributed by atoms with Crippen LogP contribution >= 0.6 is 0 Å². The Morgan fingerprint density at radius 2 is 1.75 bits per heavy atom. The van der Waals surface area contributed by atoms with Crippen LogP contribution < -0.4 is 0 Å². The maximum absolute atomic E-state index is 13.1. The number of nitrogens with zero attached hydrogens (tertiary/aromatic N) is 2. The first-order valence-corrected chi connectivity index (χ1v) is 9.05. The van der Waals surface area contributed by atoms with Gasteiger partial charge in [-0.2, -0.15) is 13.2 Å². The average Bonchev–Trinajstić information content (AvgIpc) is 2.55. The molecule has 0 N–H and O–H groups in total. The first kappa shape index (κ1) is 17.7. The minimum Gasteiger partial charge on any atom is -0.300 e. The van der Waals surface area contributed by atoms with Crippen LogP contribution in [0.25, 0.3) is 0 Å². The lowest BCUT2D eigenvalue weighted by atomic mass is 9.95. The lowest BCUT2D eigenvalue weighted by molar-refractivity contribution is -0.138. The van der Waals surface area contributed by atoms with Crippen molar-refractivity contribution in [2.45, 2.75) is 51.4 Å². The Kier molecular flexibility index (Phi) is 5.50. The molecular formula is C19H27F3N2. The van der Waals surface area contributed by atoms with Gasteiger partial charge in [0, 0.05) is 19.1 Å². The van der Waals surface area contributed by atoms with E-state index in [1.807, 2.05) is 0 Å². The molecule has 0 aliphatic carbocycles. The Balaban J connectivity index is 1.56. The summed E-state index contributed by atoms with van der Waals surface area (Å²) >= 11 is 0. The normalized spacial score (nSPS) is 25.1. The van der Waals surface area contributed by atoms with Gasteiger partial charge in [0.25, 0.3) is 0 Å². The summed E-state index contributed by atoms with van der Waals surface area (Å²) in [5, 5.41) is 0. The molecule has 2 aliphatic heterocycles. The molecule has 2 nitrogen and oxygen atoms in total. The number of rotatable bonds is 3. The summed E-state index contributed by atoms with van der Waals surface area (Å²) in [5.41, 5.74) is -0.0907. The molecule has 0 radical (unpaired) electrons. The van der Waals surface area contributed by atoms with E-state index in [0.29, 0.717) is 18.2 Å². The third-order valence-corrected chi connectivity index (χ3v) is 5.48. The molecule has 1 atom stereocenters. The predicted octanol–water partition coefficient (Wildman–Crippen LogP) is 4.40. The second-order valence-corrected chi connectivity index (χ2v) is 7.40. The van der Waals surface area contributed by atoms with Gasteiger partial charge < -0.3 is 4.90 Å². The maximum atomic E-state index is 13.1. The number of piperidine rings is 2. The Hall–Kier alpha value is -1.07. The topological polar surface area (TPSA) is 6.48 Å². The van der Waals surface area contributed by atoms with Crippen molar-refractivity contribution in [1.29, 1.82) is 0 Å². The van der Waals surface area contributed by atoms with Gasteiger partial charge in [-0.15, -0.1) is 0 Å². The number of benzene rings is 1. The number of hydrogen-bond donors (Lipinski definition) is 0. The van der Waals surface area contributed by atoms with E-state index >= 15 is 0 Å². The molecule has 0 aromatic heterocycles. The zero-order valence-corrected chi connectivity index (χ0v) is 14.4. The van der Waals surface area contributed by atoms with Crippen molar-refractivity contribution in [2.75, 3.05) is 26.2 Å². The number of hydrogen-bond acceptors (Lipinski definition) is 2. The van der Waals surface area contributed by atoms with Crippen molar-refractivity contribution in [2.24, 2.45) is 5.92 Å². The highest BCUT2D eigenvalue weighted by molar-refractivity contribution is 5.29. The third kappa shape index (κ3) is 4.31. The van der Waals surface area contributed by atoms with Crippen LogP contribution in [0.15, 0.2) is 24.3 Å². The first-order chi connectivity index (χ1) is 11.4. The molecule has 2 saturated heterocycles. The number of alkyl halides is 3. The van der Waals surface area contributed by atoms with Crippen molar-refractivity contribution >= 4 is 0 Å². The molecule has 0 bridgehead atoms. The van der Waals surface area contributed by atoms with Crippen LogP contribution in [-0.4, -0.2) is 42.0 Å². The van der Waals surface area contributed by atoms with E-state index in [0.717, 1.165) is 31.8 Å². The van der Waals surface area contributed by atoms with Crippen molar-refractivity contribution in [3.8, 4) is 0 Å². The highest BCUT2D eigenvalue weighted by Gasteiger charge is 2.34. The van der Waals surface area contributed by atoms with Gasteiger partial charge in [0.05, 0.1) is 5.56 Å². The smallest absolute Gasteiger partial charge is 0.300 e. The lowest BCUT2D eigenvalue weighted by Gasteiger charge is -2.42. The van der Waals surface area contributed by atoms with E-state index in [1.165, 1.54) is 38.1 Å². The molecule has 1 aromatic carbocycles. The summed E-state index contributed by atoms with van der Waals surface area (Å²) < 4.78 is 39.4. The van der Waals surface area contributed by atoms with Gasteiger partial charge in [-0.25, -0.2) is 0 Å². The lowest BCUT2D eigenvalue weighted by Crippen LogP contribution is -2.48. The molecule has 1 aromatic rings. The minimum atomic E-state index is -4.27. The van der Waals surface area contributed by atoms with E-state index in [9.17, 15) is 13.2 Å². The van der Waals surface area contributed by atoms with E-state index in [1.54, 1.807) is 12.1 Å². The van der Waals surface area contributed by atoms with Crippen LogP contribution in [0, 0.1) is 5.92 Å². The van der Waals surface area contributed by atoms with Crippen molar-refractivity contribution in [3.05, 3.63) is 35.4 Å². The molecule has 2 aliphatic rings.